The average Bonchev–Trinajstić information content (AvgIpc) is 2.37. The van der Waals surface area contributed by atoms with Crippen LogP contribution in [0.2, 0.25) is 0 Å². The molecule has 0 aliphatic heterocycles. The molecule has 0 aliphatic carbocycles. The van der Waals surface area contributed by atoms with Gasteiger partial charge in [0.15, 0.2) is 0 Å². The number of aliphatic hydroxyl groups is 1. The summed E-state index contributed by atoms with van der Waals surface area (Å²) in [5.74, 6) is -0.974. The Kier molecular flexibility index (Phi) is 5.28. The Hall–Kier alpha value is -2.12. The Morgan fingerprint density at radius 2 is 1.84 bits per heavy atom. The van der Waals surface area contributed by atoms with Crippen LogP contribution in [0.15, 0.2) is 30.3 Å². The van der Waals surface area contributed by atoms with Gasteiger partial charge in [0.1, 0.15) is 6.10 Å². The Bertz CT molecular complexity index is 438. The molecule has 6 N–H and O–H groups in total. The van der Waals surface area contributed by atoms with Gasteiger partial charge < -0.3 is 26.6 Å². The molecule has 0 saturated heterocycles. The molecule has 0 heterocycles. The number of amides is 2. The van der Waals surface area contributed by atoms with Gasteiger partial charge in [-0.3, -0.25) is 4.79 Å². The molecule has 2 atom stereocenters. The maximum absolute atomic E-state index is 11.1. The summed E-state index contributed by atoms with van der Waals surface area (Å²) in [7, 11) is 0. The molecule has 1 aromatic rings. The second kappa shape index (κ2) is 6.72. The molecule has 0 aromatic heterocycles. The third-order valence-electron chi connectivity index (χ3n) is 2.62. The zero-order valence-electron chi connectivity index (χ0n) is 10.3. The minimum atomic E-state index is -1.57. The largest absolute Gasteiger partial charge is 0.465 e. The van der Waals surface area contributed by atoms with Gasteiger partial charge in [-0.1, -0.05) is 30.3 Å². The normalized spacial score (nSPS) is 13.6. The first kappa shape index (κ1) is 14.9. The number of nitrogens with zero attached hydrogens (tertiary/aromatic N) is 1. The van der Waals surface area contributed by atoms with Crippen LogP contribution in [-0.4, -0.2) is 45.8 Å². The molecule has 0 radical (unpaired) electrons. The molecule has 0 fully saturated rings. The molecular weight excluding hydrogens is 250 g/mol. The number of carbonyl (C=O) groups is 2. The Morgan fingerprint density at radius 3 is 2.32 bits per heavy atom. The number of carboxylic acid groups (broad SMARTS) is 1. The first-order valence-electron chi connectivity index (χ1n) is 5.66. The molecule has 7 heteroatoms. The minimum Gasteiger partial charge on any atom is -0.465 e. The van der Waals surface area contributed by atoms with E-state index in [2.05, 4.69) is 0 Å². The van der Waals surface area contributed by atoms with Crippen molar-refractivity contribution in [1.82, 2.24) is 4.90 Å². The second-order valence-electron chi connectivity index (χ2n) is 4.16. The van der Waals surface area contributed by atoms with E-state index < -0.39 is 24.1 Å². The van der Waals surface area contributed by atoms with E-state index in [1.54, 1.807) is 24.3 Å². The molecular formula is C12H17N3O4. The van der Waals surface area contributed by atoms with Crippen molar-refractivity contribution in [3.8, 4) is 0 Å². The summed E-state index contributed by atoms with van der Waals surface area (Å²) in [5.41, 5.74) is 11.2. The highest BCUT2D eigenvalue weighted by Crippen LogP contribution is 2.06. The lowest BCUT2D eigenvalue weighted by molar-refractivity contribution is -0.127. The second-order valence-corrected chi connectivity index (χ2v) is 4.16. The fourth-order valence-corrected chi connectivity index (χ4v) is 1.58. The van der Waals surface area contributed by atoms with Crippen molar-refractivity contribution in [2.24, 2.45) is 11.5 Å². The molecule has 1 rings (SSSR count). The number of aliphatic hydroxyl groups excluding tert-OH is 1. The van der Waals surface area contributed by atoms with Crippen molar-refractivity contribution in [3.63, 3.8) is 0 Å². The van der Waals surface area contributed by atoms with Crippen molar-refractivity contribution >= 4 is 12.0 Å². The third kappa shape index (κ3) is 4.57. The van der Waals surface area contributed by atoms with Crippen LogP contribution in [0, 0.1) is 0 Å². The number of primary amides is 1. The van der Waals surface area contributed by atoms with E-state index in [1.807, 2.05) is 6.07 Å². The molecule has 2 amide bonds. The van der Waals surface area contributed by atoms with Crippen molar-refractivity contribution in [2.45, 2.75) is 18.7 Å². The van der Waals surface area contributed by atoms with Gasteiger partial charge >= 0.3 is 6.09 Å². The number of rotatable bonds is 6. The summed E-state index contributed by atoms with van der Waals surface area (Å²) in [4.78, 5) is 22.9. The van der Waals surface area contributed by atoms with E-state index in [0.717, 1.165) is 10.5 Å². The van der Waals surface area contributed by atoms with Crippen molar-refractivity contribution in [1.29, 1.82) is 0 Å². The van der Waals surface area contributed by atoms with Crippen LogP contribution in [-0.2, 0) is 11.3 Å². The van der Waals surface area contributed by atoms with Crippen LogP contribution in [0.25, 0.3) is 0 Å². The summed E-state index contributed by atoms with van der Waals surface area (Å²) < 4.78 is 0. The summed E-state index contributed by atoms with van der Waals surface area (Å²) in [5, 5.41) is 18.4. The molecule has 0 aliphatic rings. The monoisotopic (exact) mass is 267 g/mol. The SMILES string of the molecule is NC(=O)C(O)C(N)CN(Cc1ccccc1)C(=O)O. The molecule has 0 bridgehead atoms. The number of hydrogen-bond donors (Lipinski definition) is 4. The fourth-order valence-electron chi connectivity index (χ4n) is 1.58. The highest BCUT2D eigenvalue weighted by Gasteiger charge is 2.24. The molecule has 0 saturated carbocycles. The first-order chi connectivity index (χ1) is 8.91. The standard InChI is InChI=1S/C12H17N3O4/c13-9(10(16)11(14)17)7-15(12(18)19)6-8-4-2-1-3-5-8/h1-5,9-10,16H,6-7,13H2,(H2,14,17)(H,18,19). The molecule has 104 valence electrons. The fraction of sp³-hybridized carbons (Fsp3) is 0.333. The first-order valence-corrected chi connectivity index (χ1v) is 5.66. The minimum absolute atomic E-state index is 0.120. The summed E-state index contributed by atoms with van der Waals surface area (Å²) in [6, 6.07) is 7.87. The van der Waals surface area contributed by atoms with Gasteiger partial charge in [0.05, 0.1) is 6.04 Å². The predicted octanol–water partition coefficient (Wildman–Crippen LogP) is -0.660. The van der Waals surface area contributed by atoms with Crippen molar-refractivity contribution in [2.75, 3.05) is 6.54 Å². The zero-order valence-corrected chi connectivity index (χ0v) is 10.3. The van der Waals surface area contributed by atoms with Crippen molar-refractivity contribution in [3.05, 3.63) is 35.9 Å². The van der Waals surface area contributed by atoms with Crippen LogP contribution in [0.5, 0.6) is 0 Å². The number of nitrogens with two attached hydrogens (primary N) is 2. The van der Waals surface area contributed by atoms with Gasteiger partial charge in [0.2, 0.25) is 5.91 Å². The zero-order chi connectivity index (χ0) is 14.4. The van der Waals surface area contributed by atoms with Crippen LogP contribution >= 0.6 is 0 Å². The quantitative estimate of drug-likeness (QED) is 0.543. The lowest BCUT2D eigenvalue weighted by atomic mass is 10.1. The van der Waals surface area contributed by atoms with Gasteiger partial charge in [-0.2, -0.15) is 0 Å². The predicted molar refractivity (Wildman–Crippen MR) is 68.1 cm³/mol. The summed E-state index contributed by atoms with van der Waals surface area (Å²) in [6.07, 6.45) is -2.76. The number of benzene rings is 1. The van der Waals surface area contributed by atoms with Crippen LogP contribution in [0.1, 0.15) is 5.56 Å². The molecule has 0 spiro atoms. The van der Waals surface area contributed by atoms with Gasteiger partial charge in [-0.25, -0.2) is 4.79 Å². The van der Waals surface area contributed by atoms with Gasteiger partial charge in [0.25, 0.3) is 0 Å². The Labute approximate surface area is 110 Å². The van der Waals surface area contributed by atoms with Crippen LogP contribution < -0.4 is 11.5 Å². The van der Waals surface area contributed by atoms with E-state index in [9.17, 15) is 14.7 Å². The average molecular weight is 267 g/mol. The van der Waals surface area contributed by atoms with Gasteiger partial charge in [-0.15, -0.1) is 0 Å². The van der Waals surface area contributed by atoms with E-state index in [0.29, 0.717) is 0 Å². The maximum atomic E-state index is 11.1. The lowest BCUT2D eigenvalue weighted by Crippen LogP contribution is -2.51. The highest BCUT2D eigenvalue weighted by atomic mass is 16.4. The van der Waals surface area contributed by atoms with E-state index >= 15 is 0 Å². The smallest absolute Gasteiger partial charge is 0.407 e. The summed E-state index contributed by atoms with van der Waals surface area (Å²) in [6.45, 7) is -0.0658. The molecule has 19 heavy (non-hydrogen) atoms. The topological polar surface area (TPSA) is 130 Å². The van der Waals surface area contributed by atoms with Crippen LogP contribution in [0.4, 0.5) is 4.79 Å². The Balaban J connectivity index is 2.69. The number of hydrogen-bond acceptors (Lipinski definition) is 4. The van der Waals surface area contributed by atoms with Crippen LogP contribution in [0.3, 0.4) is 0 Å². The highest BCUT2D eigenvalue weighted by molar-refractivity contribution is 5.79. The van der Waals surface area contributed by atoms with Crippen molar-refractivity contribution < 1.29 is 19.8 Å². The lowest BCUT2D eigenvalue weighted by Gasteiger charge is -2.24. The number of carbonyl (C=O) groups excluding carboxylic acids is 1. The van der Waals surface area contributed by atoms with E-state index in [1.165, 1.54) is 0 Å². The Morgan fingerprint density at radius 1 is 1.26 bits per heavy atom. The van der Waals surface area contributed by atoms with E-state index in [-0.39, 0.29) is 13.1 Å². The van der Waals surface area contributed by atoms with Gasteiger partial charge in [0, 0.05) is 13.1 Å². The maximum Gasteiger partial charge on any atom is 0.407 e. The summed E-state index contributed by atoms with van der Waals surface area (Å²) >= 11 is 0. The third-order valence-corrected chi connectivity index (χ3v) is 2.62. The molecule has 2 unspecified atom stereocenters. The van der Waals surface area contributed by atoms with Gasteiger partial charge in [-0.05, 0) is 5.56 Å². The molecule has 1 aromatic carbocycles. The van der Waals surface area contributed by atoms with E-state index in [4.69, 9.17) is 16.6 Å². The molecule has 7 nitrogen and oxygen atoms in total.